The van der Waals surface area contributed by atoms with Gasteiger partial charge in [0.1, 0.15) is 0 Å². The zero-order valence-corrected chi connectivity index (χ0v) is 14.6. The largest absolute Gasteiger partial charge is 0.353 e. The van der Waals surface area contributed by atoms with E-state index in [4.69, 9.17) is 0 Å². The van der Waals surface area contributed by atoms with Gasteiger partial charge in [0, 0.05) is 24.7 Å². The van der Waals surface area contributed by atoms with E-state index < -0.39 is 0 Å². The molecule has 2 amide bonds. The molecule has 130 valence electrons. The predicted molar refractivity (Wildman–Crippen MR) is 94.8 cm³/mol. The molecule has 2 fully saturated rings. The Labute approximate surface area is 144 Å². The number of hydrogen-bond acceptors (Lipinski definition) is 2. The van der Waals surface area contributed by atoms with Crippen molar-refractivity contribution in [1.29, 1.82) is 0 Å². The van der Waals surface area contributed by atoms with Crippen LogP contribution in [0.4, 0.5) is 0 Å². The summed E-state index contributed by atoms with van der Waals surface area (Å²) >= 11 is 0. The Morgan fingerprint density at radius 1 is 1.08 bits per heavy atom. The van der Waals surface area contributed by atoms with Crippen LogP contribution in [-0.4, -0.2) is 35.8 Å². The monoisotopic (exact) mass is 328 g/mol. The molecule has 1 heterocycles. The van der Waals surface area contributed by atoms with Gasteiger partial charge in [0.25, 0.3) is 5.91 Å². The SMILES string of the molecule is Cc1cccc(C(=O)N2CCC[C@H](C(=O)NC3CCCCC3)C2)c1. The maximum Gasteiger partial charge on any atom is 0.253 e. The Hall–Kier alpha value is -1.84. The van der Waals surface area contributed by atoms with Crippen LogP contribution in [0.15, 0.2) is 24.3 Å². The second-order valence-corrected chi connectivity index (χ2v) is 7.30. The number of nitrogens with zero attached hydrogens (tertiary/aromatic N) is 1. The molecule has 1 aromatic carbocycles. The Morgan fingerprint density at radius 3 is 2.62 bits per heavy atom. The van der Waals surface area contributed by atoms with E-state index in [1.165, 1.54) is 19.3 Å². The highest BCUT2D eigenvalue weighted by atomic mass is 16.2. The molecule has 2 aliphatic rings. The standard InChI is InChI=1S/C20H28N2O2/c1-15-7-5-8-16(13-15)20(24)22-12-6-9-17(14-22)19(23)21-18-10-3-2-4-11-18/h5,7-8,13,17-18H,2-4,6,9-12,14H2,1H3,(H,21,23)/t17-/m0/s1. The van der Waals surface area contributed by atoms with Crippen LogP contribution in [-0.2, 0) is 4.79 Å². The molecular formula is C20H28N2O2. The van der Waals surface area contributed by atoms with Gasteiger partial charge in [-0.05, 0) is 44.7 Å². The van der Waals surface area contributed by atoms with E-state index in [1.807, 2.05) is 36.1 Å². The molecule has 1 aliphatic heterocycles. The summed E-state index contributed by atoms with van der Waals surface area (Å²) in [6.07, 6.45) is 7.71. The highest BCUT2D eigenvalue weighted by Gasteiger charge is 2.30. The van der Waals surface area contributed by atoms with E-state index in [9.17, 15) is 9.59 Å². The smallest absolute Gasteiger partial charge is 0.253 e. The number of benzene rings is 1. The van der Waals surface area contributed by atoms with Crippen molar-refractivity contribution >= 4 is 11.8 Å². The molecule has 1 aliphatic carbocycles. The molecule has 1 N–H and O–H groups in total. The third-order valence-electron chi connectivity index (χ3n) is 5.30. The Bertz CT molecular complexity index is 593. The lowest BCUT2D eigenvalue weighted by Crippen LogP contribution is -2.47. The number of hydrogen-bond donors (Lipinski definition) is 1. The fourth-order valence-electron chi connectivity index (χ4n) is 3.90. The minimum atomic E-state index is -0.0607. The fraction of sp³-hybridized carbons (Fsp3) is 0.600. The summed E-state index contributed by atoms with van der Waals surface area (Å²) in [5, 5.41) is 3.22. The Kier molecular flexibility index (Phi) is 5.54. The molecule has 0 radical (unpaired) electrons. The first-order chi connectivity index (χ1) is 11.6. The summed E-state index contributed by atoms with van der Waals surface area (Å²) in [4.78, 5) is 27.1. The predicted octanol–water partition coefficient (Wildman–Crippen LogP) is 3.30. The van der Waals surface area contributed by atoms with E-state index in [2.05, 4.69) is 5.32 Å². The van der Waals surface area contributed by atoms with Gasteiger partial charge in [-0.25, -0.2) is 0 Å². The van der Waals surface area contributed by atoms with Gasteiger partial charge in [-0.15, -0.1) is 0 Å². The number of carbonyl (C=O) groups is 2. The average Bonchev–Trinajstić information content (AvgIpc) is 2.62. The van der Waals surface area contributed by atoms with Crippen LogP contribution in [0.2, 0.25) is 0 Å². The molecule has 0 aromatic heterocycles. The summed E-state index contributed by atoms with van der Waals surface area (Å²) in [7, 11) is 0. The molecule has 4 nitrogen and oxygen atoms in total. The molecular weight excluding hydrogens is 300 g/mol. The maximum atomic E-state index is 12.7. The van der Waals surface area contributed by atoms with Crippen LogP contribution in [0.1, 0.15) is 60.9 Å². The molecule has 1 atom stereocenters. The topological polar surface area (TPSA) is 49.4 Å². The normalized spacial score (nSPS) is 22.2. The highest BCUT2D eigenvalue weighted by Crippen LogP contribution is 2.22. The number of likely N-dealkylation sites (tertiary alicyclic amines) is 1. The van der Waals surface area contributed by atoms with Crippen LogP contribution >= 0.6 is 0 Å². The molecule has 1 aromatic rings. The first-order valence-electron chi connectivity index (χ1n) is 9.30. The molecule has 4 heteroatoms. The summed E-state index contributed by atoms with van der Waals surface area (Å²) in [6, 6.07) is 8.04. The van der Waals surface area contributed by atoms with Gasteiger partial charge in [0.2, 0.25) is 5.91 Å². The van der Waals surface area contributed by atoms with Crippen LogP contribution in [0.25, 0.3) is 0 Å². The molecule has 0 unspecified atom stereocenters. The maximum absolute atomic E-state index is 12.7. The summed E-state index contributed by atoms with van der Waals surface area (Å²) in [6.45, 7) is 3.29. The Morgan fingerprint density at radius 2 is 1.88 bits per heavy atom. The number of aryl methyl sites for hydroxylation is 1. The number of rotatable bonds is 3. The number of nitrogens with one attached hydrogen (secondary N) is 1. The third kappa shape index (κ3) is 4.16. The van der Waals surface area contributed by atoms with E-state index in [1.54, 1.807) is 0 Å². The Balaban J connectivity index is 1.59. The summed E-state index contributed by atoms with van der Waals surface area (Å²) < 4.78 is 0. The van der Waals surface area contributed by atoms with Crippen LogP contribution in [0.5, 0.6) is 0 Å². The van der Waals surface area contributed by atoms with Crippen molar-refractivity contribution < 1.29 is 9.59 Å². The van der Waals surface area contributed by atoms with E-state index >= 15 is 0 Å². The molecule has 24 heavy (non-hydrogen) atoms. The average molecular weight is 328 g/mol. The summed E-state index contributed by atoms with van der Waals surface area (Å²) in [5.74, 6) is 0.131. The molecule has 3 rings (SSSR count). The molecule has 1 saturated carbocycles. The second-order valence-electron chi connectivity index (χ2n) is 7.30. The van der Waals surface area contributed by atoms with E-state index in [0.717, 1.165) is 43.4 Å². The minimum absolute atomic E-state index is 0.0499. The van der Waals surface area contributed by atoms with Gasteiger partial charge in [-0.3, -0.25) is 9.59 Å². The van der Waals surface area contributed by atoms with Crippen molar-refractivity contribution in [2.45, 2.75) is 57.9 Å². The lowest BCUT2D eigenvalue weighted by Gasteiger charge is -2.33. The lowest BCUT2D eigenvalue weighted by atomic mass is 9.92. The zero-order chi connectivity index (χ0) is 16.9. The summed E-state index contributed by atoms with van der Waals surface area (Å²) in [5.41, 5.74) is 1.81. The van der Waals surface area contributed by atoms with Crippen molar-refractivity contribution in [2.24, 2.45) is 5.92 Å². The number of piperidine rings is 1. The lowest BCUT2D eigenvalue weighted by molar-refractivity contribution is -0.127. The second kappa shape index (κ2) is 7.82. The van der Waals surface area contributed by atoms with E-state index in [-0.39, 0.29) is 17.7 Å². The molecule has 0 bridgehead atoms. The quantitative estimate of drug-likeness (QED) is 0.925. The van der Waals surface area contributed by atoms with Gasteiger partial charge in [-0.2, -0.15) is 0 Å². The van der Waals surface area contributed by atoms with Gasteiger partial charge in [0.15, 0.2) is 0 Å². The van der Waals surface area contributed by atoms with Gasteiger partial charge in [0.05, 0.1) is 5.92 Å². The van der Waals surface area contributed by atoms with Crippen molar-refractivity contribution in [2.75, 3.05) is 13.1 Å². The first kappa shape index (κ1) is 17.0. The highest BCUT2D eigenvalue weighted by molar-refractivity contribution is 5.95. The molecule has 1 saturated heterocycles. The van der Waals surface area contributed by atoms with Gasteiger partial charge in [-0.1, -0.05) is 37.0 Å². The van der Waals surface area contributed by atoms with Crippen molar-refractivity contribution in [1.82, 2.24) is 10.2 Å². The van der Waals surface area contributed by atoms with Crippen LogP contribution in [0.3, 0.4) is 0 Å². The number of carbonyl (C=O) groups excluding carboxylic acids is 2. The fourth-order valence-corrected chi connectivity index (χ4v) is 3.90. The van der Waals surface area contributed by atoms with Gasteiger partial charge < -0.3 is 10.2 Å². The van der Waals surface area contributed by atoms with Crippen LogP contribution < -0.4 is 5.32 Å². The van der Waals surface area contributed by atoms with Crippen molar-refractivity contribution in [3.05, 3.63) is 35.4 Å². The van der Waals surface area contributed by atoms with Gasteiger partial charge >= 0.3 is 0 Å². The van der Waals surface area contributed by atoms with Crippen molar-refractivity contribution in [3.8, 4) is 0 Å². The molecule has 0 spiro atoms. The third-order valence-corrected chi connectivity index (χ3v) is 5.30. The zero-order valence-electron chi connectivity index (χ0n) is 14.6. The van der Waals surface area contributed by atoms with E-state index in [0.29, 0.717) is 12.6 Å². The first-order valence-corrected chi connectivity index (χ1v) is 9.30. The minimum Gasteiger partial charge on any atom is -0.353 e. The van der Waals surface area contributed by atoms with Crippen LogP contribution in [0, 0.1) is 12.8 Å². The number of amides is 2. The van der Waals surface area contributed by atoms with Crippen molar-refractivity contribution in [3.63, 3.8) is 0 Å².